The maximum absolute atomic E-state index is 12.9. The molecule has 0 saturated heterocycles. The molecule has 0 fully saturated rings. The van der Waals surface area contributed by atoms with Gasteiger partial charge in [0.25, 0.3) is 0 Å². The zero-order chi connectivity index (χ0) is 56.4. The highest BCUT2D eigenvalue weighted by Crippen LogP contribution is 2.17. The molecule has 0 heterocycles. The molecule has 0 amide bonds. The SMILES string of the molecule is CC/C=C\C/C=C\C/C=C\C/C=C\CCCCCCCCCCCCCCCCCCC(=O)OCC(COC(=O)CCCCCCC/C=C\C/C=C\C/C=C\CC)OC(=O)CCCCCCC/C=C\CCCCCCCCC. The number of rotatable bonds is 60. The Morgan fingerprint density at radius 3 is 0.795 bits per heavy atom. The van der Waals surface area contributed by atoms with Crippen LogP contribution < -0.4 is 0 Å². The summed E-state index contributed by atoms with van der Waals surface area (Å²) in [7, 11) is 0. The number of ether oxygens (including phenoxy) is 3. The van der Waals surface area contributed by atoms with Crippen molar-refractivity contribution in [2.24, 2.45) is 0 Å². The molecule has 0 N–H and O–H groups in total. The van der Waals surface area contributed by atoms with Crippen molar-refractivity contribution in [2.75, 3.05) is 13.2 Å². The van der Waals surface area contributed by atoms with Gasteiger partial charge in [-0.3, -0.25) is 14.4 Å². The minimum absolute atomic E-state index is 0.0842. The van der Waals surface area contributed by atoms with Gasteiger partial charge in [0.15, 0.2) is 6.10 Å². The third kappa shape index (κ3) is 63.2. The molecular formula is C72H124O6. The number of allylic oxidation sites excluding steroid dienone is 16. The first kappa shape index (κ1) is 74.3. The molecule has 0 bridgehead atoms. The highest BCUT2D eigenvalue weighted by molar-refractivity contribution is 5.71. The van der Waals surface area contributed by atoms with Crippen molar-refractivity contribution in [3.63, 3.8) is 0 Å². The standard InChI is InChI=1S/C72H124O6/c1-4-7-10-13-16-19-22-25-28-30-31-32-33-34-35-36-37-38-39-40-41-42-45-47-50-53-56-59-62-65-71(74)77-68-69(67-76-70(73)64-61-58-55-52-49-46-43-27-24-21-18-15-12-9-6-3)78-72(75)66-63-60-57-54-51-48-44-29-26-23-20-17-14-11-8-5-2/h7,9-10,12,16,18-19,21,25,27-29,31-32,43-44,69H,4-6,8,11,13-15,17,20,22-24,26,30,33-42,45-68H2,1-3H3/b10-7-,12-9-,19-16-,21-18-,28-25-,32-31-,43-27-,44-29-. The molecule has 78 heavy (non-hydrogen) atoms. The van der Waals surface area contributed by atoms with E-state index in [-0.39, 0.29) is 31.1 Å². The highest BCUT2D eigenvalue weighted by atomic mass is 16.6. The van der Waals surface area contributed by atoms with Crippen LogP contribution in [0.1, 0.15) is 323 Å². The Labute approximate surface area is 483 Å². The maximum Gasteiger partial charge on any atom is 0.306 e. The molecule has 0 aromatic heterocycles. The minimum atomic E-state index is -0.789. The van der Waals surface area contributed by atoms with Crippen molar-refractivity contribution in [2.45, 2.75) is 329 Å². The Hall–Kier alpha value is -3.67. The van der Waals surface area contributed by atoms with Crippen molar-refractivity contribution < 1.29 is 28.6 Å². The van der Waals surface area contributed by atoms with Crippen molar-refractivity contribution in [1.29, 1.82) is 0 Å². The zero-order valence-corrected chi connectivity index (χ0v) is 51.4. The first-order chi connectivity index (χ1) is 38.5. The summed E-state index contributed by atoms with van der Waals surface area (Å²) < 4.78 is 16.9. The largest absolute Gasteiger partial charge is 0.462 e. The van der Waals surface area contributed by atoms with Gasteiger partial charge in [-0.2, -0.15) is 0 Å². The summed E-state index contributed by atoms with van der Waals surface area (Å²) in [6, 6.07) is 0. The summed E-state index contributed by atoms with van der Waals surface area (Å²) in [5.74, 6) is -0.898. The predicted molar refractivity (Wildman–Crippen MR) is 339 cm³/mol. The molecule has 0 aromatic rings. The van der Waals surface area contributed by atoms with E-state index in [2.05, 4.69) is 118 Å². The van der Waals surface area contributed by atoms with E-state index in [0.29, 0.717) is 19.3 Å². The smallest absolute Gasteiger partial charge is 0.306 e. The van der Waals surface area contributed by atoms with E-state index < -0.39 is 6.10 Å². The fourth-order valence-corrected chi connectivity index (χ4v) is 9.39. The van der Waals surface area contributed by atoms with Gasteiger partial charge >= 0.3 is 17.9 Å². The molecule has 0 rings (SSSR count). The lowest BCUT2D eigenvalue weighted by Gasteiger charge is -2.18. The average Bonchev–Trinajstić information content (AvgIpc) is 3.44. The van der Waals surface area contributed by atoms with Crippen LogP contribution in [0, 0.1) is 0 Å². The fourth-order valence-electron chi connectivity index (χ4n) is 9.39. The second-order valence-electron chi connectivity index (χ2n) is 22.0. The summed E-state index contributed by atoms with van der Waals surface area (Å²) in [5.41, 5.74) is 0. The molecule has 0 saturated carbocycles. The number of hydrogen-bond acceptors (Lipinski definition) is 6. The number of hydrogen-bond donors (Lipinski definition) is 0. The van der Waals surface area contributed by atoms with E-state index in [1.807, 2.05) is 0 Å². The van der Waals surface area contributed by atoms with E-state index in [0.717, 1.165) is 135 Å². The van der Waals surface area contributed by atoms with Gasteiger partial charge in [0, 0.05) is 19.3 Å². The number of carbonyl (C=O) groups excluding carboxylic acids is 3. The Kier molecular flexibility index (Phi) is 62.7. The van der Waals surface area contributed by atoms with Crippen LogP contribution >= 0.6 is 0 Å². The molecule has 6 nitrogen and oxygen atoms in total. The molecule has 0 aliphatic rings. The van der Waals surface area contributed by atoms with Gasteiger partial charge in [0.05, 0.1) is 0 Å². The van der Waals surface area contributed by atoms with Crippen molar-refractivity contribution in [3.8, 4) is 0 Å². The summed E-state index contributed by atoms with van der Waals surface area (Å²) in [5, 5.41) is 0. The molecule has 6 heteroatoms. The van der Waals surface area contributed by atoms with Crippen LogP contribution in [0.3, 0.4) is 0 Å². The lowest BCUT2D eigenvalue weighted by Crippen LogP contribution is -2.30. The van der Waals surface area contributed by atoms with Crippen LogP contribution in [0.15, 0.2) is 97.2 Å². The third-order valence-electron chi connectivity index (χ3n) is 14.3. The molecule has 0 aromatic carbocycles. The van der Waals surface area contributed by atoms with Crippen molar-refractivity contribution in [3.05, 3.63) is 97.2 Å². The molecule has 0 spiro atoms. The van der Waals surface area contributed by atoms with Gasteiger partial charge in [0.1, 0.15) is 13.2 Å². The van der Waals surface area contributed by atoms with Crippen molar-refractivity contribution in [1.82, 2.24) is 0 Å². The van der Waals surface area contributed by atoms with E-state index >= 15 is 0 Å². The van der Waals surface area contributed by atoms with Crippen LogP contribution in [0.25, 0.3) is 0 Å². The lowest BCUT2D eigenvalue weighted by atomic mass is 10.0. The second-order valence-corrected chi connectivity index (χ2v) is 22.0. The molecule has 448 valence electrons. The second kappa shape index (κ2) is 65.8. The number of carbonyl (C=O) groups is 3. The average molecular weight is 1090 g/mol. The van der Waals surface area contributed by atoms with E-state index in [4.69, 9.17) is 14.2 Å². The summed E-state index contributed by atoms with van der Waals surface area (Å²) in [6.07, 6.45) is 88.5. The van der Waals surface area contributed by atoms with Gasteiger partial charge in [-0.05, 0) is 116 Å². The number of esters is 3. The van der Waals surface area contributed by atoms with Gasteiger partial charge in [-0.1, -0.05) is 285 Å². The van der Waals surface area contributed by atoms with Crippen molar-refractivity contribution >= 4 is 17.9 Å². The lowest BCUT2D eigenvalue weighted by molar-refractivity contribution is -0.167. The Balaban J connectivity index is 4.26. The molecule has 1 atom stereocenters. The third-order valence-corrected chi connectivity index (χ3v) is 14.3. The minimum Gasteiger partial charge on any atom is -0.462 e. The maximum atomic E-state index is 12.9. The topological polar surface area (TPSA) is 78.9 Å². The normalized spacial score (nSPS) is 12.7. The van der Waals surface area contributed by atoms with Gasteiger partial charge in [-0.15, -0.1) is 0 Å². The first-order valence-corrected chi connectivity index (χ1v) is 33.2. The van der Waals surface area contributed by atoms with Crippen LogP contribution in [-0.2, 0) is 28.6 Å². The van der Waals surface area contributed by atoms with Crippen LogP contribution in [0.2, 0.25) is 0 Å². The van der Waals surface area contributed by atoms with E-state index in [1.165, 1.54) is 148 Å². The molecule has 0 aliphatic carbocycles. The van der Waals surface area contributed by atoms with Crippen LogP contribution in [0.4, 0.5) is 0 Å². The fraction of sp³-hybridized carbons (Fsp3) is 0.736. The predicted octanol–water partition coefficient (Wildman–Crippen LogP) is 22.8. The highest BCUT2D eigenvalue weighted by Gasteiger charge is 2.19. The van der Waals surface area contributed by atoms with E-state index in [1.54, 1.807) is 0 Å². The van der Waals surface area contributed by atoms with Gasteiger partial charge in [0.2, 0.25) is 0 Å². The van der Waals surface area contributed by atoms with Crippen LogP contribution in [-0.4, -0.2) is 37.2 Å². The monoisotopic (exact) mass is 1080 g/mol. The van der Waals surface area contributed by atoms with Gasteiger partial charge < -0.3 is 14.2 Å². The molecule has 0 radical (unpaired) electrons. The Morgan fingerprint density at radius 1 is 0.269 bits per heavy atom. The Morgan fingerprint density at radius 2 is 0.500 bits per heavy atom. The van der Waals surface area contributed by atoms with Gasteiger partial charge in [-0.25, -0.2) is 0 Å². The Bertz CT molecular complexity index is 1530. The van der Waals surface area contributed by atoms with Crippen LogP contribution in [0.5, 0.6) is 0 Å². The molecule has 0 aliphatic heterocycles. The summed E-state index contributed by atoms with van der Waals surface area (Å²) in [6.45, 7) is 6.42. The first-order valence-electron chi connectivity index (χ1n) is 33.2. The number of unbranched alkanes of at least 4 members (excludes halogenated alkanes) is 33. The zero-order valence-electron chi connectivity index (χ0n) is 51.4. The quantitative estimate of drug-likeness (QED) is 0.0261. The van der Waals surface area contributed by atoms with E-state index in [9.17, 15) is 14.4 Å². The molecule has 1 unspecified atom stereocenters. The summed E-state index contributed by atoms with van der Waals surface area (Å²) in [4.78, 5) is 38.3. The summed E-state index contributed by atoms with van der Waals surface area (Å²) >= 11 is 0. The molecular weight excluding hydrogens is 961 g/mol.